The maximum absolute atomic E-state index is 10.5. The van der Waals surface area contributed by atoms with E-state index in [0.29, 0.717) is 36.4 Å². The van der Waals surface area contributed by atoms with Gasteiger partial charge in [-0.15, -0.1) is 0 Å². The molecule has 0 aliphatic rings. The molecule has 0 aliphatic heterocycles. The predicted octanol–water partition coefficient (Wildman–Crippen LogP) is 0.460. The highest BCUT2D eigenvalue weighted by molar-refractivity contribution is 7.46. The second-order valence-corrected chi connectivity index (χ2v) is 5.14. The van der Waals surface area contributed by atoms with Crippen LogP contribution in [0.2, 0.25) is 0 Å². The number of hydrogen-bond acceptors (Lipinski definition) is 7. The van der Waals surface area contributed by atoms with Crippen LogP contribution < -0.4 is 11.9 Å². The molecule has 10 nitrogen and oxygen atoms in total. The molecule has 2 heterocycles. The van der Waals surface area contributed by atoms with Crippen LogP contribution in [-0.2, 0) is 15.6 Å². The first-order valence-corrected chi connectivity index (χ1v) is 7.12. The molecule has 0 saturated carbocycles. The zero-order chi connectivity index (χ0) is 13.9. The highest BCUT2D eigenvalue weighted by atomic mass is 31.2. The average Bonchev–Trinajstić information content (AvgIpc) is 2.72. The minimum absolute atomic E-state index is 0. The van der Waals surface area contributed by atoms with Crippen LogP contribution in [-0.4, -0.2) is 35.9 Å². The summed E-state index contributed by atoms with van der Waals surface area (Å²) in [5.41, 5.74) is 6.85. The average molecular weight is 304 g/mol. The molecule has 112 valence electrons. The topological polar surface area (TPSA) is 171 Å². The Balaban J connectivity index is 0.00000200. The molecule has 0 unspecified atom stereocenters. The number of unbranched alkanes of at least 4 members (excludes halogenated alkanes) is 1. The molecule has 0 fully saturated rings. The van der Waals surface area contributed by atoms with E-state index in [9.17, 15) is 4.57 Å². The van der Waals surface area contributed by atoms with Gasteiger partial charge in [0.15, 0.2) is 11.5 Å². The van der Waals surface area contributed by atoms with E-state index in [-0.39, 0.29) is 12.8 Å². The second-order valence-electron chi connectivity index (χ2n) is 3.90. The molecule has 0 saturated heterocycles. The van der Waals surface area contributed by atoms with Gasteiger partial charge in [-0.25, -0.2) is 19.5 Å². The fraction of sp³-hybridized carbons (Fsp3) is 0.444. The Hall–Kier alpha value is -1.58. The number of hydrogen-bond donors (Lipinski definition) is 4. The number of aryl methyl sites for hydroxylation is 1. The number of fused-ring (bicyclic) bond motifs is 1. The molecule has 0 bridgehead atoms. The predicted molar refractivity (Wildman–Crippen MR) is 72.0 cm³/mol. The van der Waals surface area contributed by atoms with Gasteiger partial charge in [-0.1, -0.05) is 0 Å². The summed E-state index contributed by atoms with van der Waals surface area (Å²) in [6.45, 7) is 0.617. The van der Waals surface area contributed by atoms with Crippen LogP contribution in [0.25, 0.3) is 11.2 Å². The van der Waals surface area contributed by atoms with Crippen molar-refractivity contribution in [3.8, 4) is 0 Å². The molecular formula is C9H17N6O4P. The molecule has 2 rings (SSSR count). The van der Waals surface area contributed by atoms with Crippen molar-refractivity contribution in [1.29, 1.82) is 0 Å². The van der Waals surface area contributed by atoms with Crippen LogP contribution in [0.1, 0.15) is 12.8 Å². The fourth-order valence-electron chi connectivity index (χ4n) is 1.63. The zero-order valence-electron chi connectivity index (χ0n) is 10.7. The number of phosphoric ester groups is 1. The van der Waals surface area contributed by atoms with E-state index < -0.39 is 7.82 Å². The summed E-state index contributed by atoms with van der Waals surface area (Å²) in [5.74, 6) is 0.327. The Morgan fingerprint density at radius 2 is 2.05 bits per heavy atom. The lowest BCUT2D eigenvalue weighted by Crippen LogP contribution is -2.01. The molecule has 0 aliphatic carbocycles. The SMILES string of the molecule is N.Nc1ncnc2c1ncn2CCCCOP(=O)(O)O. The second kappa shape index (κ2) is 6.73. The molecule has 0 spiro atoms. The third kappa shape index (κ3) is 4.22. The molecule has 0 aromatic carbocycles. The number of aromatic nitrogens is 4. The van der Waals surface area contributed by atoms with Gasteiger partial charge in [-0.2, -0.15) is 0 Å². The summed E-state index contributed by atoms with van der Waals surface area (Å²) < 4.78 is 16.6. The smallest absolute Gasteiger partial charge is 0.382 e. The van der Waals surface area contributed by atoms with Crippen LogP contribution >= 0.6 is 7.82 Å². The largest absolute Gasteiger partial charge is 0.469 e. The van der Waals surface area contributed by atoms with Gasteiger partial charge in [0.25, 0.3) is 0 Å². The van der Waals surface area contributed by atoms with Gasteiger partial charge >= 0.3 is 7.82 Å². The van der Waals surface area contributed by atoms with Gasteiger partial charge in [0, 0.05) is 6.54 Å². The van der Waals surface area contributed by atoms with Crippen LogP contribution in [0.3, 0.4) is 0 Å². The Labute approximate surface area is 114 Å². The van der Waals surface area contributed by atoms with Crippen LogP contribution in [0.5, 0.6) is 0 Å². The molecule has 7 N–H and O–H groups in total. The molecular weight excluding hydrogens is 287 g/mol. The summed E-state index contributed by atoms with van der Waals surface area (Å²) in [5, 5.41) is 0. The Morgan fingerprint density at radius 1 is 1.30 bits per heavy atom. The minimum Gasteiger partial charge on any atom is -0.382 e. The third-order valence-electron chi connectivity index (χ3n) is 2.48. The van der Waals surface area contributed by atoms with Crippen molar-refractivity contribution in [3.05, 3.63) is 12.7 Å². The maximum atomic E-state index is 10.5. The standard InChI is InChI=1S/C9H14N5O4P.H3N/c10-8-7-9(12-5-11-8)14(6-13-7)3-1-2-4-18-19(15,16)17;/h5-6H,1-4H2,(H2,10,11,12)(H2,15,16,17);1H3. The molecule has 11 heteroatoms. The van der Waals surface area contributed by atoms with E-state index in [4.69, 9.17) is 15.5 Å². The van der Waals surface area contributed by atoms with Crippen molar-refractivity contribution >= 4 is 24.8 Å². The van der Waals surface area contributed by atoms with E-state index in [1.54, 1.807) is 6.33 Å². The molecule has 0 atom stereocenters. The van der Waals surface area contributed by atoms with Crippen LogP contribution in [0, 0.1) is 0 Å². The molecule has 0 amide bonds. The monoisotopic (exact) mass is 304 g/mol. The van der Waals surface area contributed by atoms with Crippen LogP contribution in [0.4, 0.5) is 5.82 Å². The lowest BCUT2D eigenvalue weighted by Gasteiger charge is -2.05. The molecule has 2 aromatic heterocycles. The lowest BCUT2D eigenvalue weighted by atomic mass is 10.3. The van der Waals surface area contributed by atoms with E-state index in [1.165, 1.54) is 6.33 Å². The minimum atomic E-state index is -4.37. The first kappa shape index (κ1) is 16.5. The Morgan fingerprint density at radius 3 is 2.75 bits per heavy atom. The first-order valence-electron chi connectivity index (χ1n) is 5.59. The van der Waals surface area contributed by atoms with Gasteiger partial charge in [-0.05, 0) is 12.8 Å². The normalized spacial score (nSPS) is 11.5. The van der Waals surface area contributed by atoms with Crippen molar-refractivity contribution in [3.63, 3.8) is 0 Å². The van der Waals surface area contributed by atoms with Gasteiger partial charge in [-0.3, -0.25) is 4.52 Å². The highest BCUT2D eigenvalue weighted by Crippen LogP contribution is 2.35. The summed E-state index contributed by atoms with van der Waals surface area (Å²) >= 11 is 0. The van der Waals surface area contributed by atoms with Crippen molar-refractivity contribution in [2.24, 2.45) is 0 Å². The maximum Gasteiger partial charge on any atom is 0.469 e. The number of phosphoric acid groups is 1. The van der Waals surface area contributed by atoms with E-state index in [0.717, 1.165) is 0 Å². The number of rotatable bonds is 6. The van der Waals surface area contributed by atoms with Crippen LogP contribution in [0.15, 0.2) is 12.7 Å². The van der Waals surface area contributed by atoms with Crippen molar-refractivity contribution in [2.45, 2.75) is 19.4 Å². The summed E-state index contributed by atoms with van der Waals surface area (Å²) in [7, 11) is -4.37. The fourth-order valence-corrected chi connectivity index (χ4v) is 2.00. The number of nitrogen functional groups attached to an aromatic ring is 1. The van der Waals surface area contributed by atoms with Crippen molar-refractivity contribution in [1.82, 2.24) is 25.7 Å². The first-order chi connectivity index (χ1) is 8.97. The summed E-state index contributed by atoms with van der Waals surface area (Å²) in [6.07, 6.45) is 4.17. The molecule has 20 heavy (non-hydrogen) atoms. The number of anilines is 1. The Kier molecular flexibility index (Phi) is 5.54. The number of nitrogens with zero attached hydrogens (tertiary/aromatic N) is 4. The zero-order valence-corrected chi connectivity index (χ0v) is 11.6. The summed E-state index contributed by atoms with van der Waals surface area (Å²) in [4.78, 5) is 29.1. The lowest BCUT2D eigenvalue weighted by molar-refractivity contribution is 0.193. The highest BCUT2D eigenvalue weighted by Gasteiger charge is 2.12. The van der Waals surface area contributed by atoms with Gasteiger partial charge in [0.2, 0.25) is 0 Å². The number of nitrogens with two attached hydrogens (primary N) is 1. The van der Waals surface area contributed by atoms with Crippen molar-refractivity contribution < 1.29 is 18.9 Å². The summed E-state index contributed by atoms with van der Waals surface area (Å²) in [6, 6.07) is 0. The molecule has 2 aromatic rings. The van der Waals surface area contributed by atoms with E-state index >= 15 is 0 Å². The van der Waals surface area contributed by atoms with E-state index in [1.807, 2.05) is 4.57 Å². The third-order valence-corrected chi connectivity index (χ3v) is 3.00. The number of imidazole rings is 1. The van der Waals surface area contributed by atoms with Gasteiger partial charge < -0.3 is 26.2 Å². The van der Waals surface area contributed by atoms with Gasteiger partial charge in [0.1, 0.15) is 11.8 Å². The van der Waals surface area contributed by atoms with Gasteiger partial charge in [0.05, 0.1) is 12.9 Å². The molecule has 0 radical (unpaired) electrons. The Bertz CT molecular complexity index is 612. The van der Waals surface area contributed by atoms with E-state index in [2.05, 4.69) is 19.5 Å². The van der Waals surface area contributed by atoms with Crippen molar-refractivity contribution in [2.75, 3.05) is 12.3 Å². The quantitative estimate of drug-likeness (QED) is 0.436.